The van der Waals surface area contributed by atoms with Crippen LogP contribution < -0.4 is 11.4 Å². The van der Waals surface area contributed by atoms with E-state index in [1.807, 2.05) is 4.98 Å². The largest absolute Gasteiger partial charge is 0.349 e. The molecule has 2 rings (SSSR count). The van der Waals surface area contributed by atoms with Gasteiger partial charge in [-0.25, -0.2) is 9.59 Å². The highest BCUT2D eigenvalue weighted by Crippen LogP contribution is 2.01. The number of benzene rings is 1. The third kappa shape index (κ3) is 1.44. The molecule has 0 spiro atoms. The minimum absolute atomic E-state index is 0.408. The molecule has 0 fully saturated rings. The molecule has 1 heterocycles. The van der Waals surface area contributed by atoms with E-state index in [1.54, 1.807) is 24.3 Å². The monoisotopic (exact) mass is 175 g/mol. The fourth-order valence-corrected chi connectivity index (χ4v) is 1.02. The first-order valence-corrected chi connectivity index (χ1v) is 3.63. The number of aromatic nitrogens is 3. The Morgan fingerprint density at radius 3 is 1.85 bits per heavy atom. The Morgan fingerprint density at radius 2 is 1.38 bits per heavy atom. The molecule has 0 aliphatic rings. The van der Waals surface area contributed by atoms with Crippen molar-refractivity contribution in [1.82, 2.24) is 15.0 Å². The summed E-state index contributed by atoms with van der Waals surface area (Å²) in [5, 5.41) is 0. The average Bonchev–Trinajstić information content (AvgIpc) is 2.20. The fourth-order valence-electron chi connectivity index (χ4n) is 1.02. The van der Waals surface area contributed by atoms with Gasteiger partial charge in [0.05, 0.1) is 11.0 Å². The van der Waals surface area contributed by atoms with Gasteiger partial charge in [-0.1, -0.05) is 12.1 Å². The van der Waals surface area contributed by atoms with E-state index in [0.29, 0.717) is 11.0 Å². The molecule has 1 aromatic heterocycles. The molecular formula is C8H5N3O2. The van der Waals surface area contributed by atoms with Gasteiger partial charge < -0.3 is 0 Å². The summed E-state index contributed by atoms with van der Waals surface area (Å²) < 4.78 is 0. The highest BCUT2D eigenvalue weighted by atomic mass is 16.2. The maximum Gasteiger partial charge on any atom is 0.349 e. The van der Waals surface area contributed by atoms with Gasteiger partial charge in [0.25, 0.3) is 0 Å². The summed E-state index contributed by atoms with van der Waals surface area (Å²) in [5.74, 6) is 0. The molecule has 0 aliphatic heterocycles. The van der Waals surface area contributed by atoms with Crippen LogP contribution in [0.4, 0.5) is 0 Å². The summed E-state index contributed by atoms with van der Waals surface area (Å²) in [6.07, 6.45) is 0. The topological polar surface area (TPSA) is 75.7 Å². The number of hydrogen-bond acceptors (Lipinski definition) is 4. The van der Waals surface area contributed by atoms with Crippen molar-refractivity contribution in [3.63, 3.8) is 0 Å². The van der Waals surface area contributed by atoms with Gasteiger partial charge in [-0.3, -0.25) is 4.98 Å². The van der Waals surface area contributed by atoms with E-state index in [1.165, 1.54) is 0 Å². The highest BCUT2D eigenvalue weighted by molar-refractivity contribution is 5.72. The normalized spacial score (nSPS) is 10.2. The predicted molar refractivity (Wildman–Crippen MR) is 46.4 cm³/mol. The number of para-hydroxylation sites is 2. The minimum atomic E-state index is -0.682. The first-order valence-electron chi connectivity index (χ1n) is 3.63. The van der Waals surface area contributed by atoms with Crippen LogP contribution in [0.1, 0.15) is 0 Å². The van der Waals surface area contributed by atoms with Crippen molar-refractivity contribution >= 4 is 11.0 Å². The van der Waals surface area contributed by atoms with Crippen LogP contribution in [-0.2, 0) is 0 Å². The molecule has 1 N–H and O–H groups in total. The Morgan fingerprint density at radius 1 is 0.923 bits per heavy atom. The number of aromatic amines is 1. The molecule has 2 aromatic rings. The molecule has 0 saturated carbocycles. The standard InChI is InChI=1S/C8H5N3O2/c12-7-9-5-3-1-2-4-6(5)10-8(13)11-7/h1-4H,(H,11,12,13). The van der Waals surface area contributed by atoms with Crippen LogP contribution in [0.15, 0.2) is 33.9 Å². The highest BCUT2D eigenvalue weighted by Gasteiger charge is 1.94. The smallest absolute Gasteiger partial charge is 0.256 e. The number of H-pyrrole nitrogens is 1. The maximum absolute atomic E-state index is 10.9. The van der Waals surface area contributed by atoms with Crippen LogP contribution >= 0.6 is 0 Å². The number of nitrogens with one attached hydrogen (secondary N) is 1. The quantitative estimate of drug-likeness (QED) is 0.595. The second-order valence-corrected chi connectivity index (χ2v) is 2.45. The van der Waals surface area contributed by atoms with Crippen LogP contribution in [0.25, 0.3) is 11.0 Å². The molecule has 0 amide bonds. The molecule has 0 unspecified atom stereocenters. The second-order valence-electron chi connectivity index (χ2n) is 2.45. The summed E-state index contributed by atoms with van der Waals surface area (Å²) in [6, 6.07) is 6.69. The van der Waals surface area contributed by atoms with Gasteiger partial charge in [-0.05, 0) is 12.1 Å². The molecule has 0 radical (unpaired) electrons. The molecular weight excluding hydrogens is 170 g/mol. The van der Waals surface area contributed by atoms with Gasteiger partial charge in [-0.2, -0.15) is 9.97 Å². The van der Waals surface area contributed by atoms with E-state index in [9.17, 15) is 9.59 Å². The van der Waals surface area contributed by atoms with Crippen LogP contribution in [-0.4, -0.2) is 15.0 Å². The zero-order valence-electron chi connectivity index (χ0n) is 6.52. The molecule has 1 aromatic carbocycles. The van der Waals surface area contributed by atoms with Crippen molar-refractivity contribution < 1.29 is 0 Å². The molecule has 0 bridgehead atoms. The Kier molecular flexibility index (Phi) is 1.63. The molecule has 13 heavy (non-hydrogen) atoms. The SMILES string of the molecule is O=c1nc2ccccc2nc(=O)[nH]1. The molecule has 5 heteroatoms. The Labute approximate surface area is 72.1 Å². The van der Waals surface area contributed by atoms with E-state index >= 15 is 0 Å². The van der Waals surface area contributed by atoms with Crippen molar-refractivity contribution in [2.75, 3.05) is 0 Å². The zero-order chi connectivity index (χ0) is 9.26. The summed E-state index contributed by atoms with van der Waals surface area (Å²) in [6.45, 7) is 0. The molecule has 0 aliphatic carbocycles. The number of nitrogens with zero attached hydrogens (tertiary/aromatic N) is 2. The van der Waals surface area contributed by atoms with E-state index in [-0.39, 0.29) is 0 Å². The van der Waals surface area contributed by atoms with Crippen molar-refractivity contribution in [1.29, 1.82) is 0 Å². The maximum atomic E-state index is 10.9. The van der Waals surface area contributed by atoms with Gasteiger partial charge in [0.15, 0.2) is 0 Å². The second kappa shape index (κ2) is 2.78. The van der Waals surface area contributed by atoms with Crippen molar-refractivity contribution in [2.45, 2.75) is 0 Å². The summed E-state index contributed by atoms with van der Waals surface area (Å²) in [7, 11) is 0. The van der Waals surface area contributed by atoms with Gasteiger partial charge in [0, 0.05) is 0 Å². The fraction of sp³-hybridized carbons (Fsp3) is 0. The summed E-state index contributed by atoms with van der Waals surface area (Å²) in [5.41, 5.74) is -0.547. The lowest BCUT2D eigenvalue weighted by atomic mass is 10.3. The van der Waals surface area contributed by atoms with Crippen LogP contribution in [0.5, 0.6) is 0 Å². The lowest BCUT2D eigenvalue weighted by Crippen LogP contribution is -2.17. The summed E-state index contributed by atoms with van der Waals surface area (Å²) >= 11 is 0. The van der Waals surface area contributed by atoms with Gasteiger partial charge in [-0.15, -0.1) is 0 Å². The van der Waals surface area contributed by atoms with Crippen molar-refractivity contribution in [2.24, 2.45) is 0 Å². The summed E-state index contributed by atoms with van der Waals surface area (Å²) in [4.78, 5) is 31.0. The van der Waals surface area contributed by atoms with E-state index in [4.69, 9.17) is 0 Å². The first-order chi connectivity index (χ1) is 6.25. The van der Waals surface area contributed by atoms with E-state index in [2.05, 4.69) is 9.97 Å². The Bertz CT molecular complexity index is 512. The third-order valence-electron chi connectivity index (χ3n) is 1.54. The lowest BCUT2D eigenvalue weighted by Gasteiger charge is -1.84. The number of rotatable bonds is 0. The first kappa shape index (κ1) is 7.60. The minimum Gasteiger partial charge on any atom is -0.256 e. The van der Waals surface area contributed by atoms with Crippen LogP contribution in [0.2, 0.25) is 0 Å². The molecule has 64 valence electrons. The van der Waals surface area contributed by atoms with Gasteiger partial charge >= 0.3 is 11.4 Å². The molecule has 0 saturated heterocycles. The van der Waals surface area contributed by atoms with Gasteiger partial charge in [0.2, 0.25) is 0 Å². The van der Waals surface area contributed by atoms with Crippen molar-refractivity contribution in [3.8, 4) is 0 Å². The molecule has 0 atom stereocenters. The number of hydrogen-bond donors (Lipinski definition) is 1. The predicted octanol–water partition coefficient (Wildman–Crippen LogP) is -0.322. The molecule has 5 nitrogen and oxygen atoms in total. The Hall–Kier alpha value is -2.04. The van der Waals surface area contributed by atoms with E-state index in [0.717, 1.165) is 0 Å². The van der Waals surface area contributed by atoms with Gasteiger partial charge in [0.1, 0.15) is 0 Å². The Balaban J connectivity index is 3.07. The zero-order valence-corrected chi connectivity index (χ0v) is 6.52. The van der Waals surface area contributed by atoms with Crippen molar-refractivity contribution in [3.05, 3.63) is 45.2 Å². The van der Waals surface area contributed by atoms with Crippen LogP contribution in [0.3, 0.4) is 0 Å². The number of fused-ring (bicyclic) bond motifs is 1. The van der Waals surface area contributed by atoms with Crippen LogP contribution in [0, 0.1) is 0 Å². The van der Waals surface area contributed by atoms with E-state index < -0.39 is 11.4 Å². The third-order valence-corrected chi connectivity index (χ3v) is 1.54. The average molecular weight is 175 g/mol. The lowest BCUT2D eigenvalue weighted by molar-refractivity contribution is 1.05.